The molecule has 2 aromatic rings. The average molecular weight is 285 g/mol. The van der Waals surface area contributed by atoms with E-state index in [1.54, 1.807) is 0 Å². The van der Waals surface area contributed by atoms with Crippen LogP contribution >= 0.6 is 0 Å². The molecule has 0 aliphatic carbocycles. The van der Waals surface area contributed by atoms with E-state index in [-0.39, 0.29) is 5.91 Å². The van der Waals surface area contributed by atoms with Crippen molar-refractivity contribution in [3.63, 3.8) is 0 Å². The van der Waals surface area contributed by atoms with Crippen LogP contribution in [-0.4, -0.2) is 32.8 Å². The number of aromatic nitrogens is 2. The first-order valence-corrected chi connectivity index (χ1v) is 7.88. The summed E-state index contributed by atoms with van der Waals surface area (Å²) in [5, 5.41) is 0. The van der Waals surface area contributed by atoms with E-state index >= 15 is 0 Å². The zero-order valence-electron chi connectivity index (χ0n) is 13.1. The molecule has 4 heteroatoms. The molecule has 0 aromatic carbocycles. The summed E-state index contributed by atoms with van der Waals surface area (Å²) in [6.07, 6.45) is 6.45. The van der Waals surface area contributed by atoms with Gasteiger partial charge in [0.1, 0.15) is 11.3 Å². The van der Waals surface area contributed by atoms with Crippen molar-refractivity contribution in [2.24, 2.45) is 0 Å². The van der Waals surface area contributed by atoms with E-state index in [0.29, 0.717) is 6.04 Å². The van der Waals surface area contributed by atoms with Crippen LogP contribution in [0.15, 0.2) is 18.3 Å². The van der Waals surface area contributed by atoms with Gasteiger partial charge in [-0.05, 0) is 57.2 Å². The van der Waals surface area contributed by atoms with Gasteiger partial charge >= 0.3 is 0 Å². The Bertz CT molecular complexity index is 674. The topological polar surface area (TPSA) is 37.6 Å². The Labute approximate surface area is 125 Å². The molecule has 1 atom stereocenters. The Morgan fingerprint density at radius 2 is 2.19 bits per heavy atom. The number of rotatable bonds is 2. The SMILES string of the molecule is CCC1CCCCN1C(=O)c1c(C)nc2cc(C)ccn12. The number of nitrogens with zero attached hydrogens (tertiary/aromatic N) is 3. The molecule has 1 unspecified atom stereocenters. The van der Waals surface area contributed by atoms with Crippen LogP contribution in [0.2, 0.25) is 0 Å². The summed E-state index contributed by atoms with van der Waals surface area (Å²) in [6.45, 7) is 7.01. The number of fused-ring (bicyclic) bond motifs is 1. The maximum atomic E-state index is 13.0. The lowest BCUT2D eigenvalue weighted by atomic mass is 9.99. The second-order valence-electron chi connectivity index (χ2n) is 6.03. The van der Waals surface area contributed by atoms with Gasteiger partial charge in [0.25, 0.3) is 5.91 Å². The number of pyridine rings is 1. The summed E-state index contributed by atoms with van der Waals surface area (Å²) in [4.78, 5) is 19.6. The van der Waals surface area contributed by atoms with Gasteiger partial charge in [0.2, 0.25) is 0 Å². The van der Waals surface area contributed by atoms with E-state index in [9.17, 15) is 4.79 Å². The van der Waals surface area contributed by atoms with Gasteiger partial charge in [-0.3, -0.25) is 9.20 Å². The highest BCUT2D eigenvalue weighted by Gasteiger charge is 2.29. The molecule has 0 bridgehead atoms. The van der Waals surface area contributed by atoms with Crippen molar-refractivity contribution in [1.29, 1.82) is 0 Å². The Hall–Kier alpha value is -1.84. The maximum Gasteiger partial charge on any atom is 0.273 e. The lowest BCUT2D eigenvalue weighted by Gasteiger charge is -2.35. The van der Waals surface area contributed by atoms with Crippen LogP contribution in [0, 0.1) is 13.8 Å². The predicted octanol–water partition coefficient (Wildman–Crippen LogP) is 3.36. The summed E-state index contributed by atoms with van der Waals surface area (Å²) in [7, 11) is 0. The van der Waals surface area contributed by atoms with E-state index < -0.39 is 0 Å². The highest BCUT2D eigenvalue weighted by atomic mass is 16.2. The molecule has 0 N–H and O–H groups in total. The molecule has 1 saturated heterocycles. The first kappa shape index (κ1) is 14.1. The van der Waals surface area contributed by atoms with Gasteiger partial charge in [0.15, 0.2) is 0 Å². The number of carbonyl (C=O) groups excluding carboxylic acids is 1. The maximum absolute atomic E-state index is 13.0. The van der Waals surface area contributed by atoms with Gasteiger partial charge in [0.05, 0.1) is 5.69 Å². The summed E-state index contributed by atoms with van der Waals surface area (Å²) in [6, 6.07) is 4.43. The quantitative estimate of drug-likeness (QED) is 0.848. The molecule has 3 rings (SSSR count). The highest BCUT2D eigenvalue weighted by molar-refractivity contribution is 5.95. The molecule has 21 heavy (non-hydrogen) atoms. The Morgan fingerprint density at radius 1 is 1.38 bits per heavy atom. The summed E-state index contributed by atoms with van der Waals surface area (Å²) >= 11 is 0. The van der Waals surface area contributed by atoms with Crippen LogP contribution in [0.3, 0.4) is 0 Å². The fourth-order valence-corrected chi connectivity index (χ4v) is 3.35. The van der Waals surface area contributed by atoms with Crippen LogP contribution in [0.25, 0.3) is 5.65 Å². The van der Waals surface area contributed by atoms with Crippen molar-refractivity contribution in [3.8, 4) is 0 Å². The monoisotopic (exact) mass is 285 g/mol. The molecule has 0 radical (unpaired) electrons. The van der Waals surface area contributed by atoms with Gasteiger partial charge in [-0.25, -0.2) is 4.98 Å². The van der Waals surface area contributed by atoms with Gasteiger partial charge < -0.3 is 4.90 Å². The number of imidazole rings is 1. The van der Waals surface area contributed by atoms with Crippen molar-refractivity contribution in [3.05, 3.63) is 35.3 Å². The average Bonchev–Trinajstić information content (AvgIpc) is 2.81. The third kappa shape index (κ3) is 2.43. The number of carbonyl (C=O) groups is 1. The fourth-order valence-electron chi connectivity index (χ4n) is 3.35. The molecule has 0 spiro atoms. The van der Waals surface area contributed by atoms with Crippen molar-refractivity contribution in [2.45, 2.75) is 52.5 Å². The van der Waals surface area contributed by atoms with Crippen molar-refractivity contribution >= 4 is 11.6 Å². The zero-order chi connectivity index (χ0) is 15.0. The number of hydrogen-bond acceptors (Lipinski definition) is 2. The summed E-state index contributed by atoms with van der Waals surface area (Å²) in [5.74, 6) is 0.135. The number of likely N-dealkylation sites (tertiary alicyclic amines) is 1. The molecule has 112 valence electrons. The van der Waals surface area contributed by atoms with E-state index in [1.165, 1.54) is 6.42 Å². The normalized spacial score (nSPS) is 19.2. The number of piperidine rings is 1. The molecule has 3 heterocycles. The number of amides is 1. The first-order chi connectivity index (χ1) is 10.1. The van der Waals surface area contributed by atoms with Crippen LogP contribution in [0.4, 0.5) is 0 Å². The van der Waals surface area contributed by atoms with Gasteiger partial charge in [-0.1, -0.05) is 6.92 Å². The smallest absolute Gasteiger partial charge is 0.273 e. The number of hydrogen-bond donors (Lipinski definition) is 0. The Kier molecular flexibility index (Phi) is 3.70. The van der Waals surface area contributed by atoms with Crippen molar-refractivity contribution < 1.29 is 4.79 Å². The molecule has 1 aliphatic heterocycles. The van der Waals surface area contributed by atoms with Crippen LogP contribution < -0.4 is 0 Å². The molecule has 1 fully saturated rings. The molecule has 4 nitrogen and oxygen atoms in total. The predicted molar refractivity (Wildman–Crippen MR) is 83.6 cm³/mol. The largest absolute Gasteiger partial charge is 0.334 e. The lowest BCUT2D eigenvalue weighted by Crippen LogP contribution is -2.44. The molecule has 2 aromatic heterocycles. The third-order valence-electron chi connectivity index (χ3n) is 4.52. The van der Waals surface area contributed by atoms with Gasteiger partial charge in [0, 0.05) is 18.8 Å². The van der Waals surface area contributed by atoms with Crippen molar-refractivity contribution in [2.75, 3.05) is 6.54 Å². The fraction of sp³-hybridized carbons (Fsp3) is 0.529. The van der Waals surface area contributed by atoms with Crippen LogP contribution in [-0.2, 0) is 0 Å². The van der Waals surface area contributed by atoms with Gasteiger partial charge in [-0.2, -0.15) is 0 Å². The number of aryl methyl sites for hydroxylation is 2. The van der Waals surface area contributed by atoms with Crippen LogP contribution in [0.1, 0.15) is 54.4 Å². The Morgan fingerprint density at radius 3 is 2.95 bits per heavy atom. The molecule has 0 saturated carbocycles. The Balaban J connectivity index is 2.03. The van der Waals surface area contributed by atoms with E-state index in [1.807, 2.05) is 36.6 Å². The van der Waals surface area contributed by atoms with Gasteiger partial charge in [-0.15, -0.1) is 0 Å². The van der Waals surface area contributed by atoms with Crippen LogP contribution in [0.5, 0.6) is 0 Å². The summed E-state index contributed by atoms with van der Waals surface area (Å²) < 4.78 is 1.94. The molecular formula is C17H23N3O. The second-order valence-corrected chi connectivity index (χ2v) is 6.03. The van der Waals surface area contributed by atoms with E-state index in [4.69, 9.17) is 0 Å². The lowest BCUT2D eigenvalue weighted by molar-refractivity contribution is 0.0600. The minimum absolute atomic E-state index is 0.135. The minimum atomic E-state index is 0.135. The molecular weight excluding hydrogens is 262 g/mol. The zero-order valence-corrected chi connectivity index (χ0v) is 13.1. The van der Waals surface area contributed by atoms with E-state index in [0.717, 1.165) is 48.4 Å². The molecule has 1 aliphatic rings. The first-order valence-electron chi connectivity index (χ1n) is 7.88. The molecule has 1 amide bonds. The van der Waals surface area contributed by atoms with Crippen molar-refractivity contribution in [1.82, 2.24) is 14.3 Å². The minimum Gasteiger partial charge on any atom is -0.334 e. The summed E-state index contributed by atoms with van der Waals surface area (Å²) in [5.41, 5.74) is 3.58. The third-order valence-corrected chi connectivity index (χ3v) is 4.52. The second kappa shape index (κ2) is 5.51. The standard InChI is InChI=1S/C17H23N3O/c1-4-14-7-5-6-9-19(14)17(21)16-13(3)18-15-11-12(2)8-10-20(15)16/h8,10-11,14H,4-7,9H2,1-3H3. The van der Waals surface area contributed by atoms with E-state index in [2.05, 4.69) is 16.8 Å². The highest BCUT2D eigenvalue weighted by Crippen LogP contribution is 2.23.